The molecule has 0 amide bonds. The Labute approximate surface area is 292 Å². The highest BCUT2D eigenvalue weighted by molar-refractivity contribution is 7.79. The number of quaternary nitrogens is 2. The van der Waals surface area contributed by atoms with Crippen LogP contribution in [0.25, 0.3) is 0 Å². The first-order valence-electron chi connectivity index (χ1n) is 19.4. The van der Waals surface area contributed by atoms with E-state index in [1.165, 1.54) is 193 Å². The van der Waals surface area contributed by atoms with Crippen LogP contribution in [0.3, 0.4) is 0 Å². The summed E-state index contributed by atoms with van der Waals surface area (Å²) in [5.74, 6) is 0. The van der Waals surface area contributed by atoms with Crippen molar-refractivity contribution in [2.75, 3.05) is 55.4 Å². The zero-order chi connectivity index (χ0) is 34.7. The van der Waals surface area contributed by atoms with Gasteiger partial charge in [0, 0.05) is 10.4 Å². The van der Waals surface area contributed by atoms with Gasteiger partial charge in [0.15, 0.2) is 0 Å². The molecular weight excluding hydrogens is 593 g/mol. The number of hydrogen-bond donors (Lipinski definition) is 0. The molecule has 0 unspecified atom stereocenters. The maximum Gasteiger partial charge on any atom is 0.0780 e. The van der Waals surface area contributed by atoms with E-state index in [1.54, 1.807) is 0 Å². The third kappa shape index (κ3) is 70.2. The Morgan fingerprint density at radius 3 is 0.609 bits per heavy atom. The summed E-state index contributed by atoms with van der Waals surface area (Å²) in [4.78, 5) is 0. The summed E-state index contributed by atoms with van der Waals surface area (Å²) >= 11 is 0. The normalized spacial score (nSPS) is 11.7. The fourth-order valence-electron chi connectivity index (χ4n) is 5.56. The van der Waals surface area contributed by atoms with E-state index in [-0.39, 0.29) is 7.43 Å². The van der Waals surface area contributed by atoms with Crippen LogP contribution in [0, 0.1) is 0 Å². The van der Waals surface area contributed by atoms with E-state index in [2.05, 4.69) is 56.1 Å². The van der Waals surface area contributed by atoms with Gasteiger partial charge in [-0.3, -0.25) is 8.42 Å². The minimum absolute atomic E-state index is 0. The third-order valence-corrected chi connectivity index (χ3v) is 8.36. The number of rotatable bonds is 30. The Morgan fingerprint density at radius 2 is 0.478 bits per heavy atom. The first kappa shape index (κ1) is 52.6. The molecule has 0 fully saturated rings. The highest BCUT2D eigenvalue weighted by atomic mass is 32.3. The van der Waals surface area contributed by atoms with Gasteiger partial charge < -0.3 is 18.1 Å². The van der Waals surface area contributed by atoms with Gasteiger partial charge in [0.25, 0.3) is 0 Å². The van der Waals surface area contributed by atoms with E-state index in [4.69, 9.17) is 17.5 Å². The van der Waals surface area contributed by atoms with Gasteiger partial charge >= 0.3 is 0 Å². The summed E-state index contributed by atoms with van der Waals surface area (Å²) < 4.78 is 36.3. The molecule has 0 N–H and O–H groups in total. The van der Waals surface area contributed by atoms with Crippen molar-refractivity contribution in [1.82, 2.24) is 0 Å². The Balaban J connectivity index is -0.000000327. The molecule has 0 rings (SSSR count). The molecule has 0 aliphatic rings. The first-order chi connectivity index (χ1) is 21.1. The highest BCUT2D eigenvalue weighted by Gasteiger charge is 2.06. The molecule has 0 heterocycles. The maximum atomic E-state index is 8.52. The van der Waals surface area contributed by atoms with Crippen molar-refractivity contribution >= 4 is 10.4 Å². The van der Waals surface area contributed by atoms with Gasteiger partial charge in [-0.25, -0.2) is 0 Å². The SMILES string of the molecule is C.CCCCCCCCCCCCCCCC[N+](C)(C)C.CCCCCCCCCCCCCCCC[N+](C)(C)C.O=S(=O)([O-])[O-]. The number of nitrogens with zero attached hydrogens (tertiary/aromatic N) is 2. The molecule has 46 heavy (non-hydrogen) atoms. The third-order valence-electron chi connectivity index (χ3n) is 8.36. The van der Waals surface area contributed by atoms with E-state index in [9.17, 15) is 0 Å². The molecule has 0 saturated heterocycles. The second-order valence-corrected chi connectivity index (χ2v) is 16.4. The molecule has 0 aliphatic carbocycles. The smallest absolute Gasteiger partial charge is 0.0780 e. The van der Waals surface area contributed by atoms with Crippen LogP contribution >= 0.6 is 0 Å². The highest BCUT2D eigenvalue weighted by Crippen LogP contribution is 2.14. The van der Waals surface area contributed by atoms with Crippen molar-refractivity contribution in [2.24, 2.45) is 0 Å². The van der Waals surface area contributed by atoms with Crippen LogP contribution in [0.4, 0.5) is 0 Å². The van der Waals surface area contributed by atoms with Crippen molar-refractivity contribution in [3.05, 3.63) is 0 Å². The molecule has 0 aromatic rings. The lowest BCUT2D eigenvalue weighted by molar-refractivity contribution is -0.870. The van der Waals surface area contributed by atoms with Gasteiger partial charge in [0.1, 0.15) is 0 Å². The van der Waals surface area contributed by atoms with Crippen LogP contribution in [0.2, 0.25) is 0 Å². The minimum Gasteiger partial charge on any atom is -0.759 e. The van der Waals surface area contributed by atoms with E-state index >= 15 is 0 Å². The predicted octanol–water partition coefficient (Wildman–Crippen LogP) is 11.6. The summed E-state index contributed by atoms with van der Waals surface area (Å²) in [6.45, 7) is 7.25. The number of hydrogen-bond acceptors (Lipinski definition) is 4. The molecule has 7 heteroatoms. The standard InChI is InChI=1S/2C19H42N.CH4.H2O4S/c2*1-5-6-7-8-9-10-11-12-13-14-15-16-17-18-19-20(2,3)4;;1-5(2,3)4/h2*5-19H2,1-4H3;1H4;(H2,1,2,3,4)/q2*+1;;/p-2. The molecule has 0 radical (unpaired) electrons. The first-order valence-corrected chi connectivity index (χ1v) is 20.7. The molecular formula is C39H88N2O4S. The van der Waals surface area contributed by atoms with Gasteiger partial charge in [-0.15, -0.1) is 0 Å². The molecule has 0 atom stereocenters. The molecule has 0 aromatic heterocycles. The molecule has 6 nitrogen and oxygen atoms in total. The second kappa shape index (κ2) is 37.6. The Kier molecular flexibility index (Phi) is 43.0. The topological polar surface area (TPSA) is 80.3 Å². The summed E-state index contributed by atoms with van der Waals surface area (Å²) in [6.07, 6.45) is 40.7. The summed E-state index contributed by atoms with van der Waals surface area (Å²) in [6, 6.07) is 0. The summed E-state index contributed by atoms with van der Waals surface area (Å²) in [7, 11) is 8.60. The van der Waals surface area contributed by atoms with Crippen molar-refractivity contribution in [1.29, 1.82) is 0 Å². The quantitative estimate of drug-likeness (QED) is 0.0327. The predicted molar refractivity (Wildman–Crippen MR) is 204 cm³/mol. The van der Waals surface area contributed by atoms with Crippen molar-refractivity contribution in [3.8, 4) is 0 Å². The van der Waals surface area contributed by atoms with Crippen LogP contribution in [-0.4, -0.2) is 81.9 Å². The molecule has 0 bridgehead atoms. The van der Waals surface area contributed by atoms with Crippen LogP contribution in [0.5, 0.6) is 0 Å². The summed E-state index contributed by atoms with van der Waals surface area (Å²) in [5.41, 5.74) is 0. The Morgan fingerprint density at radius 1 is 0.348 bits per heavy atom. The van der Waals surface area contributed by atoms with E-state index in [0.29, 0.717) is 0 Å². The average molecular weight is 681 g/mol. The lowest BCUT2D eigenvalue weighted by Crippen LogP contribution is -2.35. The van der Waals surface area contributed by atoms with Gasteiger partial charge in [-0.2, -0.15) is 0 Å². The largest absolute Gasteiger partial charge is 0.759 e. The molecule has 284 valence electrons. The van der Waals surface area contributed by atoms with E-state index in [1.807, 2.05) is 0 Å². The van der Waals surface area contributed by atoms with E-state index in [0.717, 1.165) is 8.97 Å². The van der Waals surface area contributed by atoms with E-state index < -0.39 is 10.4 Å². The van der Waals surface area contributed by atoms with Crippen molar-refractivity contribution in [2.45, 2.75) is 201 Å². The van der Waals surface area contributed by atoms with Crippen LogP contribution < -0.4 is 0 Å². The Hall–Kier alpha value is -0.210. The molecule has 0 saturated carbocycles. The minimum atomic E-state index is -5.17. The average Bonchev–Trinajstić information content (AvgIpc) is 2.92. The zero-order valence-corrected chi connectivity index (χ0v) is 33.0. The van der Waals surface area contributed by atoms with Crippen LogP contribution in [0.1, 0.15) is 201 Å². The van der Waals surface area contributed by atoms with Crippen LogP contribution in [-0.2, 0) is 10.4 Å². The zero-order valence-electron chi connectivity index (χ0n) is 32.1. The summed E-state index contributed by atoms with van der Waals surface area (Å²) in [5, 5.41) is 0. The molecule has 0 spiro atoms. The van der Waals surface area contributed by atoms with Gasteiger partial charge in [-0.1, -0.05) is 175 Å². The van der Waals surface area contributed by atoms with Gasteiger partial charge in [0.05, 0.1) is 55.4 Å². The Bertz CT molecular complexity index is 608. The number of unbranched alkanes of at least 4 members (excludes halogenated alkanes) is 26. The lowest BCUT2D eigenvalue weighted by Gasteiger charge is -2.23. The maximum absolute atomic E-state index is 8.52. The van der Waals surface area contributed by atoms with Gasteiger partial charge in [-0.05, 0) is 25.7 Å². The van der Waals surface area contributed by atoms with Crippen molar-refractivity contribution in [3.63, 3.8) is 0 Å². The lowest BCUT2D eigenvalue weighted by atomic mass is 10.0. The fourth-order valence-corrected chi connectivity index (χ4v) is 5.56. The fraction of sp³-hybridized carbons (Fsp3) is 1.00. The molecule has 0 aliphatic heterocycles. The van der Waals surface area contributed by atoms with Crippen LogP contribution in [0.15, 0.2) is 0 Å². The second-order valence-electron chi connectivity index (χ2n) is 15.6. The monoisotopic (exact) mass is 681 g/mol. The van der Waals surface area contributed by atoms with Gasteiger partial charge in [0.2, 0.25) is 0 Å². The van der Waals surface area contributed by atoms with Crippen molar-refractivity contribution < 1.29 is 26.5 Å². The molecule has 0 aromatic carbocycles.